The zero-order valence-corrected chi connectivity index (χ0v) is 14.7. The molecule has 0 bridgehead atoms. The lowest BCUT2D eigenvalue weighted by atomic mass is 9.98. The lowest BCUT2D eigenvalue weighted by Crippen LogP contribution is -1.96. The number of benzene rings is 3. The Morgan fingerprint density at radius 2 is 1.62 bits per heavy atom. The van der Waals surface area contributed by atoms with Crippen LogP contribution >= 0.6 is 43.5 Å². The molecule has 0 saturated heterocycles. The van der Waals surface area contributed by atoms with Gasteiger partial charge < -0.3 is 0 Å². The molecule has 4 heteroatoms. The summed E-state index contributed by atoms with van der Waals surface area (Å²) in [5, 5.41) is 2.18. The Morgan fingerprint density at radius 3 is 2.38 bits per heavy atom. The number of alkyl halides is 1. The van der Waals surface area contributed by atoms with Gasteiger partial charge in [-0.1, -0.05) is 73.8 Å². The van der Waals surface area contributed by atoms with Crippen LogP contribution in [0.2, 0.25) is 5.02 Å². The maximum absolute atomic E-state index is 13.9. The molecule has 0 saturated carbocycles. The Kier molecular flexibility index (Phi) is 4.34. The van der Waals surface area contributed by atoms with Gasteiger partial charge in [0.05, 0.1) is 4.83 Å². The van der Waals surface area contributed by atoms with Crippen LogP contribution < -0.4 is 0 Å². The van der Waals surface area contributed by atoms with Gasteiger partial charge in [-0.15, -0.1) is 0 Å². The van der Waals surface area contributed by atoms with Gasteiger partial charge in [0.2, 0.25) is 0 Å². The minimum atomic E-state index is -0.214. The van der Waals surface area contributed by atoms with Gasteiger partial charge in [-0.25, -0.2) is 4.39 Å². The molecule has 0 aliphatic rings. The summed E-state index contributed by atoms with van der Waals surface area (Å²) in [4.78, 5) is -0.104. The second kappa shape index (κ2) is 6.07. The summed E-state index contributed by atoms with van der Waals surface area (Å²) in [5.74, 6) is -0.214. The van der Waals surface area contributed by atoms with Crippen LogP contribution in [0.5, 0.6) is 0 Å². The van der Waals surface area contributed by atoms with Gasteiger partial charge in [0.15, 0.2) is 0 Å². The van der Waals surface area contributed by atoms with Gasteiger partial charge in [-0.3, -0.25) is 0 Å². The summed E-state index contributed by atoms with van der Waals surface area (Å²) in [7, 11) is 0. The fourth-order valence-electron chi connectivity index (χ4n) is 2.38. The molecular formula is C17H10Br2ClF. The monoisotopic (exact) mass is 426 g/mol. The Balaban J connectivity index is 2.20. The summed E-state index contributed by atoms with van der Waals surface area (Å²) in [6, 6.07) is 16.5. The van der Waals surface area contributed by atoms with Crippen LogP contribution in [0, 0.1) is 5.82 Å². The van der Waals surface area contributed by atoms with E-state index >= 15 is 0 Å². The maximum Gasteiger partial charge on any atom is 0.131 e. The fraction of sp³-hybridized carbons (Fsp3) is 0.0588. The second-order valence-corrected chi connectivity index (χ2v) is 6.95. The summed E-state index contributed by atoms with van der Waals surface area (Å²) < 4.78 is 14.9. The van der Waals surface area contributed by atoms with Gasteiger partial charge in [-0.2, -0.15) is 0 Å². The molecule has 1 atom stereocenters. The van der Waals surface area contributed by atoms with Crippen molar-refractivity contribution < 1.29 is 4.39 Å². The quantitative estimate of drug-likeness (QED) is 0.390. The predicted molar refractivity (Wildman–Crippen MR) is 93.8 cm³/mol. The second-order valence-electron chi connectivity index (χ2n) is 4.71. The van der Waals surface area contributed by atoms with Gasteiger partial charge in [0.1, 0.15) is 5.82 Å². The smallest absolute Gasteiger partial charge is 0.131 e. The largest absolute Gasteiger partial charge is 0.206 e. The molecule has 0 heterocycles. The van der Waals surface area contributed by atoms with E-state index in [9.17, 15) is 4.39 Å². The molecule has 0 aliphatic heterocycles. The summed E-state index contributed by atoms with van der Waals surface area (Å²) >= 11 is 13.5. The van der Waals surface area contributed by atoms with Crippen LogP contribution in [0.4, 0.5) is 4.39 Å². The molecule has 0 radical (unpaired) electrons. The van der Waals surface area contributed by atoms with E-state index in [1.165, 1.54) is 6.07 Å². The first-order chi connectivity index (χ1) is 10.1. The van der Waals surface area contributed by atoms with E-state index in [1.807, 2.05) is 36.4 Å². The molecule has 0 nitrogen and oxygen atoms in total. The molecule has 0 aromatic heterocycles. The lowest BCUT2D eigenvalue weighted by Gasteiger charge is -2.16. The van der Waals surface area contributed by atoms with E-state index < -0.39 is 0 Å². The Morgan fingerprint density at radius 1 is 0.905 bits per heavy atom. The van der Waals surface area contributed by atoms with Gasteiger partial charge in [0, 0.05) is 14.9 Å². The van der Waals surface area contributed by atoms with Crippen molar-refractivity contribution in [3.8, 4) is 0 Å². The predicted octanol–water partition coefficient (Wildman–Crippen LogP) is 6.88. The highest BCUT2D eigenvalue weighted by Gasteiger charge is 2.17. The van der Waals surface area contributed by atoms with E-state index in [2.05, 4.69) is 31.9 Å². The fourth-order valence-corrected chi connectivity index (χ4v) is 3.90. The average Bonchev–Trinajstić information content (AvgIpc) is 2.50. The molecule has 1 unspecified atom stereocenters. The first-order valence-electron chi connectivity index (χ1n) is 6.34. The van der Waals surface area contributed by atoms with E-state index in [4.69, 9.17) is 11.6 Å². The summed E-state index contributed by atoms with van der Waals surface area (Å²) in [6.07, 6.45) is 0. The van der Waals surface area contributed by atoms with Crippen LogP contribution in [0.3, 0.4) is 0 Å². The zero-order valence-electron chi connectivity index (χ0n) is 10.8. The van der Waals surface area contributed by atoms with Crippen LogP contribution in [0.25, 0.3) is 10.8 Å². The molecule has 106 valence electrons. The van der Waals surface area contributed by atoms with Crippen molar-refractivity contribution >= 4 is 54.2 Å². The Labute approximate surface area is 144 Å². The topological polar surface area (TPSA) is 0 Å². The van der Waals surface area contributed by atoms with Crippen LogP contribution in [-0.4, -0.2) is 0 Å². The summed E-state index contributed by atoms with van der Waals surface area (Å²) in [5.41, 5.74) is 1.94. The number of rotatable bonds is 2. The van der Waals surface area contributed by atoms with Gasteiger partial charge in [-0.05, 0) is 40.8 Å². The van der Waals surface area contributed by atoms with E-state index in [1.54, 1.807) is 12.1 Å². The molecule has 0 fully saturated rings. The number of hydrogen-bond donors (Lipinski definition) is 0. The molecule has 0 aliphatic carbocycles. The molecule has 0 N–H and O–H groups in total. The van der Waals surface area contributed by atoms with Crippen molar-refractivity contribution in [2.45, 2.75) is 4.83 Å². The third-order valence-electron chi connectivity index (χ3n) is 3.41. The summed E-state index contributed by atoms with van der Waals surface area (Å²) in [6.45, 7) is 0. The lowest BCUT2D eigenvalue weighted by molar-refractivity contribution is 0.639. The van der Waals surface area contributed by atoms with Crippen molar-refractivity contribution in [1.29, 1.82) is 0 Å². The minimum Gasteiger partial charge on any atom is -0.206 e. The zero-order chi connectivity index (χ0) is 15.0. The molecular weight excluding hydrogens is 418 g/mol. The van der Waals surface area contributed by atoms with Crippen LogP contribution in [0.15, 0.2) is 59.1 Å². The number of hydrogen-bond acceptors (Lipinski definition) is 0. The molecule has 0 spiro atoms. The average molecular weight is 429 g/mol. The maximum atomic E-state index is 13.9. The first-order valence-corrected chi connectivity index (χ1v) is 8.43. The van der Waals surface area contributed by atoms with Crippen molar-refractivity contribution in [2.24, 2.45) is 0 Å². The van der Waals surface area contributed by atoms with Gasteiger partial charge in [0.25, 0.3) is 0 Å². The molecule has 21 heavy (non-hydrogen) atoms. The molecule has 3 aromatic rings. The van der Waals surface area contributed by atoms with E-state index in [-0.39, 0.29) is 10.6 Å². The van der Waals surface area contributed by atoms with Crippen molar-refractivity contribution in [1.82, 2.24) is 0 Å². The SMILES string of the molecule is Fc1ccc(C(Br)c2cc(Br)ccc2Cl)c2ccccc12. The van der Waals surface area contributed by atoms with Crippen LogP contribution in [0.1, 0.15) is 16.0 Å². The molecule has 3 aromatic carbocycles. The normalized spacial score (nSPS) is 12.6. The molecule has 0 amide bonds. The third kappa shape index (κ3) is 2.87. The highest BCUT2D eigenvalue weighted by Crippen LogP contribution is 2.39. The van der Waals surface area contributed by atoms with E-state index in [0.29, 0.717) is 10.4 Å². The van der Waals surface area contributed by atoms with Gasteiger partial charge >= 0.3 is 0 Å². The standard InChI is InChI=1S/C17H10Br2ClF/c18-10-5-7-15(20)14(9-10)17(19)13-6-8-16(21)12-4-2-1-3-11(12)13/h1-9,17H. The van der Waals surface area contributed by atoms with Crippen molar-refractivity contribution in [3.63, 3.8) is 0 Å². The highest BCUT2D eigenvalue weighted by atomic mass is 79.9. The van der Waals surface area contributed by atoms with E-state index in [0.717, 1.165) is 21.0 Å². The first kappa shape index (κ1) is 15.0. The Hall–Kier alpha value is -0.900. The van der Waals surface area contributed by atoms with Crippen molar-refractivity contribution in [2.75, 3.05) is 0 Å². The highest BCUT2D eigenvalue weighted by molar-refractivity contribution is 9.10. The van der Waals surface area contributed by atoms with Crippen molar-refractivity contribution in [3.05, 3.63) is 81.0 Å². The Bertz CT molecular complexity index is 817. The third-order valence-corrected chi connectivity index (χ3v) is 5.23. The minimum absolute atomic E-state index is 0.104. The number of fused-ring (bicyclic) bond motifs is 1. The number of halogens is 4. The van der Waals surface area contributed by atoms with Crippen LogP contribution in [-0.2, 0) is 0 Å². The molecule has 3 rings (SSSR count).